The van der Waals surface area contributed by atoms with Gasteiger partial charge in [0.25, 0.3) is 0 Å². The van der Waals surface area contributed by atoms with E-state index in [0.29, 0.717) is 16.9 Å². The number of hydrogen-bond acceptors (Lipinski definition) is 3. The van der Waals surface area contributed by atoms with Gasteiger partial charge in [0.15, 0.2) is 5.60 Å². The van der Waals surface area contributed by atoms with Crippen molar-refractivity contribution in [3.8, 4) is 5.75 Å². The van der Waals surface area contributed by atoms with Gasteiger partial charge in [-0.15, -0.1) is 0 Å². The Morgan fingerprint density at radius 1 is 1.29 bits per heavy atom. The van der Waals surface area contributed by atoms with Gasteiger partial charge in [-0.25, -0.2) is 18.4 Å². The van der Waals surface area contributed by atoms with E-state index in [-0.39, 0.29) is 29.8 Å². The van der Waals surface area contributed by atoms with E-state index < -0.39 is 31.0 Å². The molecule has 0 bridgehead atoms. The number of rotatable bonds is 4. The maximum Gasteiger partial charge on any atom is 0.321 e. The SMILES string of the molecule is CN1C(=O)NCc2c(NC(=O)N[C@@H]3CC(CF)(CF)Oc4c(Cl)cccc43)cccc21. The zero-order valence-corrected chi connectivity index (χ0v) is 17.4. The predicted octanol–water partition coefficient (Wildman–Crippen LogP) is 4.32. The van der Waals surface area contributed by atoms with Crippen LogP contribution in [0.1, 0.15) is 23.6 Å². The fourth-order valence-corrected chi connectivity index (χ4v) is 4.10. The summed E-state index contributed by atoms with van der Waals surface area (Å²) in [6.45, 7) is -1.87. The monoisotopic (exact) mass is 450 g/mol. The van der Waals surface area contributed by atoms with Crippen molar-refractivity contribution in [3.63, 3.8) is 0 Å². The summed E-state index contributed by atoms with van der Waals surface area (Å²) in [6.07, 6.45) is -0.0908. The number of para-hydroxylation sites is 1. The van der Waals surface area contributed by atoms with E-state index in [0.717, 1.165) is 5.56 Å². The number of carbonyl (C=O) groups excluding carboxylic acids is 2. The molecule has 2 aromatic carbocycles. The average Bonchev–Trinajstić information content (AvgIpc) is 2.77. The lowest BCUT2D eigenvalue weighted by Gasteiger charge is -2.39. The number of hydrogen-bond donors (Lipinski definition) is 3. The largest absolute Gasteiger partial charge is 0.480 e. The third kappa shape index (κ3) is 3.85. The summed E-state index contributed by atoms with van der Waals surface area (Å²) in [4.78, 5) is 26.1. The molecule has 0 unspecified atom stereocenters. The number of nitrogens with one attached hydrogen (secondary N) is 3. The molecule has 0 saturated heterocycles. The molecule has 2 aromatic rings. The van der Waals surface area contributed by atoms with Gasteiger partial charge in [0.1, 0.15) is 19.1 Å². The van der Waals surface area contributed by atoms with Gasteiger partial charge in [0.2, 0.25) is 0 Å². The summed E-state index contributed by atoms with van der Waals surface area (Å²) in [6, 6.07) is 8.65. The third-order valence-electron chi connectivity index (χ3n) is 5.54. The highest BCUT2D eigenvalue weighted by molar-refractivity contribution is 6.32. The van der Waals surface area contributed by atoms with Crippen molar-refractivity contribution in [3.05, 3.63) is 52.5 Å². The number of benzene rings is 2. The Morgan fingerprint density at radius 3 is 2.77 bits per heavy atom. The van der Waals surface area contributed by atoms with Crippen LogP contribution >= 0.6 is 11.6 Å². The van der Waals surface area contributed by atoms with E-state index >= 15 is 0 Å². The standard InChI is InChI=1S/C21H21ClF2N4O3/c1-28-17-7-3-6-15(13(17)9-25-20(28)30)26-19(29)27-16-8-21(10-23,11-24)31-18-12(16)4-2-5-14(18)22/h2-7,16H,8-11H2,1H3,(H,25,30)(H2,26,27,29)/t16-/m1/s1. The molecular formula is C21H21ClF2N4O3. The van der Waals surface area contributed by atoms with Gasteiger partial charge in [-0.1, -0.05) is 29.8 Å². The van der Waals surface area contributed by atoms with Crippen LogP contribution in [0.3, 0.4) is 0 Å². The van der Waals surface area contributed by atoms with Crippen LogP contribution in [0.4, 0.5) is 29.7 Å². The quantitative estimate of drug-likeness (QED) is 0.648. The molecule has 4 rings (SSSR count). The second kappa shape index (κ2) is 8.22. The number of amides is 4. The highest BCUT2D eigenvalue weighted by atomic mass is 35.5. The summed E-state index contributed by atoms with van der Waals surface area (Å²) in [5, 5.41) is 8.49. The molecule has 31 heavy (non-hydrogen) atoms. The molecule has 0 radical (unpaired) electrons. The van der Waals surface area contributed by atoms with Crippen molar-refractivity contribution in [1.29, 1.82) is 0 Å². The first-order chi connectivity index (χ1) is 14.9. The number of ether oxygens (including phenoxy) is 1. The molecule has 0 spiro atoms. The third-order valence-corrected chi connectivity index (χ3v) is 5.84. The summed E-state index contributed by atoms with van der Waals surface area (Å²) in [7, 11) is 1.63. The lowest BCUT2D eigenvalue weighted by Crippen LogP contribution is -2.49. The van der Waals surface area contributed by atoms with Crippen LogP contribution < -0.4 is 25.6 Å². The Balaban J connectivity index is 1.58. The maximum absolute atomic E-state index is 13.7. The van der Waals surface area contributed by atoms with Crippen LogP contribution in [0, 0.1) is 0 Å². The zero-order valence-electron chi connectivity index (χ0n) is 16.7. The lowest BCUT2D eigenvalue weighted by molar-refractivity contribution is -0.0104. The first-order valence-electron chi connectivity index (χ1n) is 9.68. The second-order valence-electron chi connectivity index (χ2n) is 7.59. The van der Waals surface area contributed by atoms with Crippen molar-refractivity contribution in [1.82, 2.24) is 10.6 Å². The van der Waals surface area contributed by atoms with E-state index in [1.54, 1.807) is 43.4 Å². The molecule has 0 fully saturated rings. The fourth-order valence-electron chi connectivity index (χ4n) is 3.88. The average molecular weight is 451 g/mol. The number of alkyl halides is 2. The molecule has 2 aliphatic rings. The van der Waals surface area contributed by atoms with Crippen molar-refractivity contribution < 1.29 is 23.1 Å². The number of nitrogens with zero attached hydrogens (tertiary/aromatic N) is 1. The molecule has 7 nitrogen and oxygen atoms in total. The molecule has 0 aromatic heterocycles. The summed E-state index contributed by atoms with van der Waals surface area (Å²) >= 11 is 6.18. The molecule has 2 heterocycles. The Bertz CT molecular complexity index is 1030. The molecule has 4 amide bonds. The molecular weight excluding hydrogens is 430 g/mol. The van der Waals surface area contributed by atoms with Gasteiger partial charge in [0.05, 0.1) is 16.8 Å². The van der Waals surface area contributed by atoms with Crippen LogP contribution in [-0.4, -0.2) is 38.1 Å². The van der Waals surface area contributed by atoms with E-state index in [2.05, 4.69) is 16.0 Å². The summed E-state index contributed by atoms with van der Waals surface area (Å²) < 4.78 is 33.0. The van der Waals surface area contributed by atoms with E-state index in [4.69, 9.17) is 16.3 Å². The normalized spacial score (nSPS) is 18.9. The highest BCUT2D eigenvalue weighted by Crippen LogP contribution is 2.44. The van der Waals surface area contributed by atoms with Gasteiger partial charge < -0.3 is 20.7 Å². The van der Waals surface area contributed by atoms with E-state index in [9.17, 15) is 18.4 Å². The Hall–Kier alpha value is -3.07. The molecule has 0 saturated carbocycles. The highest BCUT2D eigenvalue weighted by Gasteiger charge is 2.43. The predicted molar refractivity (Wildman–Crippen MR) is 113 cm³/mol. The number of halogens is 3. The fraction of sp³-hybridized carbons (Fsp3) is 0.333. The number of carbonyl (C=O) groups is 2. The van der Waals surface area contributed by atoms with Crippen LogP contribution in [0.25, 0.3) is 0 Å². The first kappa shape index (κ1) is 21.2. The van der Waals surface area contributed by atoms with Gasteiger partial charge >= 0.3 is 12.1 Å². The van der Waals surface area contributed by atoms with Crippen molar-refractivity contribution in [2.45, 2.75) is 24.6 Å². The summed E-state index contributed by atoms with van der Waals surface area (Å²) in [5.74, 6) is 0.164. The number of fused-ring (bicyclic) bond motifs is 2. The van der Waals surface area contributed by atoms with Crippen molar-refractivity contribution in [2.75, 3.05) is 30.6 Å². The lowest BCUT2D eigenvalue weighted by atomic mass is 9.88. The molecule has 0 aliphatic carbocycles. The molecule has 3 N–H and O–H groups in total. The molecule has 1 atom stereocenters. The van der Waals surface area contributed by atoms with Crippen molar-refractivity contribution >= 4 is 35.0 Å². The topological polar surface area (TPSA) is 82.7 Å². The van der Waals surface area contributed by atoms with Gasteiger partial charge in [-0.3, -0.25) is 4.90 Å². The van der Waals surface area contributed by atoms with Crippen LogP contribution in [0.2, 0.25) is 5.02 Å². The zero-order chi connectivity index (χ0) is 22.2. The molecule has 164 valence electrons. The molecule has 10 heteroatoms. The van der Waals surface area contributed by atoms with E-state index in [1.165, 1.54) is 4.90 Å². The number of anilines is 2. The minimum atomic E-state index is -1.71. The first-order valence-corrected chi connectivity index (χ1v) is 10.1. The van der Waals surface area contributed by atoms with Gasteiger partial charge in [-0.2, -0.15) is 0 Å². The smallest absolute Gasteiger partial charge is 0.321 e. The maximum atomic E-state index is 13.7. The van der Waals surface area contributed by atoms with E-state index in [1.807, 2.05) is 0 Å². The summed E-state index contributed by atoms with van der Waals surface area (Å²) in [5.41, 5.74) is 0.773. The van der Waals surface area contributed by atoms with Gasteiger partial charge in [0, 0.05) is 36.8 Å². The van der Waals surface area contributed by atoms with Crippen LogP contribution in [0.5, 0.6) is 5.75 Å². The van der Waals surface area contributed by atoms with Crippen molar-refractivity contribution in [2.24, 2.45) is 0 Å². The van der Waals surface area contributed by atoms with Crippen LogP contribution in [-0.2, 0) is 6.54 Å². The molecule has 2 aliphatic heterocycles. The Kier molecular flexibility index (Phi) is 5.62. The minimum Gasteiger partial charge on any atom is -0.480 e. The van der Waals surface area contributed by atoms with Gasteiger partial charge in [-0.05, 0) is 18.2 Å². The number of urea groups is 2. The Labute approximate surface area is 182 Å². The minimum absolute atomic E-state index is 0.0908. The Morgan fingerprint density at radius 2 is 2.03 bits per heavy atom. The second-order valence-corrected chi connectivity index (χ2v) is 7.99. The van der Waals surface area contributed by atoms with Crippen LogP contribution in [0.15, 0.2) is 36.4 Å².